The molecule has 8 heteroatoms. The lowest BCUT2D eigenvalue weighted by atomic mass is 10.4. The molecule has 0 saturated carbocycles. The molecule has 0 aromatic carbocycles. The molecule has 96 valence electrons. The third-order valence-corrected chi connectivity index (χ3v) is 5.96. The van der Waals surface area contributed by atoms with Crippen molar-refractivity contribution in [1.29, 1.82) is 0 Å². The van der Waals surface area contributed by atoms with Gasteiger partial charge in [-0.25, -0.2) is 13.2 Å². The maximum absolute atomic E-state index is 12.0. The number of sulfonamides is 1. The number of hydrogen-bond donors (Lipinski definition) is 1. The van der Waals surface area contributed by atoms with Crippen LogP contribution in [-0.2, 0) is 10.0 Å². The van der Waals surface area contributed by atoms with Crippen LogP contribution in [0.5, 0.6) is 0 Å². The third-order valence-electron chi connectivity index (χ3n) is 2.10. The molecule has 0 aliphatic carbocycles. The second-order valence-corrected chi connectivity index (χ2v) is 7.45. The van der Waals surface area contributed by atoms with Gasteiger partial charge >= 0.3 is 5.97 Å². The molecule has 1 aromatic heterocycles. The Bertz CT molecular complexity index is 494. The smallest absolute Gasteiger partial charge is 0.336 e. The molecule has 0 radical (unpaired) electrons. The summed E-state index contributed by atoms with van der Waals surface area (Å²) in [5, 5.41) is 10.1. The van der Waals surface area contributed by atoms with Crippen LogP contribution in [0.15, 0.2) is 15.7 Å². The van der Waals surface area contributed by atoms with E-state index in [4.69, 9.17) is 5.11 Å². The largest absolute Gasteiger partial charge is 0.478 e. The summed E-state index contributed by atoms with van der Waals surface area (Å²) in [6, 6.07) is 1.19. The van der Waals surface area contributed by atoms with Crippen LogP contribution in [-0.4, -0.2) is 49.4 Å². The molecule has 0 amide bonds. The lowest BCUT2D eigenvalue weighted by molar-refractivity contribution is 0.0697. The van der Waals surface area contributed by atoms with E-state index in [1.807, 2.05) is 6.26 Å². The van der Waals surface area contributed by atoms with Crippen LogP contribution in [0.4, 0.5) is 0 Å². The Balaban J connectivity index is 2.92. The number of carboxylic acid groups (broad SMARTS) is 1. The number of aromatic carboxylic acids is 1. The highest BCUT2D eigenvalue weighted by Crippen LogP contribution is 2.23. The highest BCUT2D eigenvalue weighted by Gasteiger charge is 2.23. The summed E-state index contributed by atoms with van der Waals surface area (Å²) in [6.45, 7) is 0.407. The van der Waals surface area contributed by atoms with Gasteiger partial charge in [-0.15, -0.1) is 11.3 Å². The van der Waals surface area contributed by atoms with Crippen molar-refractivity contribution in [3.63, 3.8) is 0 Å². The summed E-state index contributed by atoms with van der Waals surface area (Å²) < 4.78 is 25.3. The first-order valence-electron chi connectivity index (χ1n) is 4.66. The van der Waals surface area contributed by atoms with Gasteiger partial charge in [-0.2, -0.15) is 16.1 Å². The maximum atomic E-state index is 12.0. The molecule has 0 atom stereocenters. The fraction of sp³-hybridized carbons (Fsp3) is 0.444. The molecule has 0 aliphatic rings. The average Bonchev–Trinajstić information content (AvgIpc) is 2.75. The summed E-state index contributed by atoms with van der Waals surface area (Å²) in [7, 11) is -2.06. The molecule has 0 aliphatic heterocycles. The molecule has 1 heterocycles. The predicted octanol–water partition coefficient (Wildman–Crippen LogP) is 1.43. The van der Waals surface area contributed by atoms with Crippen molar-refractivity contribution in [2.24, 2.45) is 0 Å². The first kappa shape index (κ1) is 14.5. The first-order valence-corrected chi connectivity index (χ1v) is 8.38. The van der Waals surface area contributed by atoms with Crippen LogP contribution in [0, 0.1) is 0 Å². The summed E-state index contributed by atoms with van der Waals surface area (Å²) in [6.07, 6.45) is 1.90. The number of carbonyl (C=O) groups is 1. The minimum absolute atomic E-state index is 0.00633. The molecule has 0 unspecified atom stereocenters. The number of rotatable bonds is 6. The normalized spacial score (nSPS) is 11.9. The van der Waals surface area contributed by atoms with E-state index < -0.39 is 16.0 Å². The Morgan fingerprint density at radius 3 is 2.71 bits per heavy atom. The molecule has 0 bridgehead atoms. The predicted molar refractivity (Wildman–Crippen MR) is 69.5 cm³/mol. The minimum atomic E-state index is -3.55. The van der Waals surface area contributed by atoms with Gasteiger partial charge in [-0.3, -0.25) is 0 Å². The zero-order chi connectivity index (χ0) is 13.1. The van der Waals surface area contributed by atoms with E-state index in [0.29, 0.717) is 12.3 Å². The second kappa shape index (κ2) is 5.85. The van der Waals surface area contributed by atoms with Gasteiger partial charge in [0.15, 0.2) is 0 Å². The maximum Gasteiger partial charge on any atom is 0.336 e. The number of nitrogens with zero attached hydrogens (tertiary/aromatic N) is 1. The van der Waals surface area contributed by atoms with Crippen molar-refractivity contribution in [3.05, 3.63) is 17.0 Å². The fourth-order valence-electron chi connectivity index (χ4n) is 1.06. The van der Waals surface area contributed by atoms with E-state index in [9.17, 15) is 13.2 Å². The summed E-state index contributed by atoms with van der Waals surface area (Å²) in [5.74, 6) is -0.415. The van der Waals surface area contributed by atoms with Gasteiger partial charge < -0.3 is 5.11 Å². The van der Waals surface area contributed by atoms with Crippen molar-refractivity contribution < 1.29 is 18.3 Å². The second-order valence-electron chi connectivity index (χ2n) is 3.28. The van der Waals surface area contributed by atoms with Gasteiger partial charge in [0.2, 0.25) is 0 Å². The highest BCUT2D eigenvalue weighted by atomic mass is 32.2. The van der Waals surface area contributed by atoms with Crippen LogP contribution < -0.4 is 0 Å². The monoisotopic (exact) mass is 295 g/mol. The molecular formula is C9H13NO4S3. The first-order chi connectivity index (χ1) is 7.89. The molecule has 0 saturated heterocycles. The van der Waals surface area contributed by atoms with Crippen LogP contribution >= 0.6 is 23.1 Å². The van der Waals surface area contributed by atoms with E-state index in [2.05, 4.69) is 0 Å². The molecule has 0 spiro atoms. The van der Waals surface area contributed by atoms with Crippen LogP contribution in [0.1, 0.15) is 10.4 Å². The standard InChI is InChI=1S/C9H13NO4S3/c1-10(3-4-15-2)17(13,14)8-5-7(6-16-8)9(11)12/h5-6H,3-4H2,1-2H3,(H,11,12). The quantitative estimate of drug-likeness (QED) is 0.859. The zero-order valence-corrected chi connectivity index (χ0v) is 11.9. The van der Waals surface area contributed by atoms with Crippen LogP contribution in [0.3, 0.4) is 0 Å². The van der Waals surface area contributed by atoms with Gasteiger partial charge in [-0.05, 0) is 12.3 Å². The number of carboxylic acids is 1. The summed E-state index contributed by atoms with van der Waals surface area (Å²) >= 11 is 2.48. The van der Waals surface area contributed by atoms with E-state index in [1.54, 1.807) is 11.8 Å². The van der Waals surface area contributed by atoms with Gasteiger partial charge in [0, 0.05) is 24.7 Å². The Kier molecular flexibility index (Phi) is 4.99. The molecule has 0 fully saturated rings. The Labute approximate surface area is 108 Å². The van der Waals surface area contributed by atoms with Crippen LogP contribution in [0.2, 0.25) is 0 Å². The molecule has 1 N–H and O–H groups in total. The van der Waals surface area contributed by atoms with Gasteiger partial charge in [-0.1, -0.05) is 0 Å². The number of thiophene rings is 1. The molecular weight excluding hydrogens is 282 g/mol. The lowest BCUT2D eigenvalue weighted by Crippen LogP contribution is -2.28. The Hall–Kier alpha value is -0.570. The minimum Gasteiger partial charge on any atom is -0.478 e. The molecule has 1 aromatic rings. The van der Waals surface area contributed by atoms with E-state index in [-0.39, 0.29) is 9.77 Å². The molecule has 1 rings (SSSR count). The number of thioether (sulfide) groups is 1. The van der Waals surface area contributed by atoms with Gasteiger partial charge in [0.05, 0.1) is 5.56 Å². The van der Waals surface area contributed by atoms with Crippen molar-refractivity contribution >= 4 is 39.1 Å². The van der Waals surface area contributed by atoms with E-state index in [0.717, 1.165) is 11.3 Å². The Morgan fingerprint density at radius 1 is 1.59 bits per heavy atom. The van der Waals surface area contributed by atoms with Crippen LogP contribution in [0.25, 0.3) is 0 Å². The SMILES string of the molecule is CSCCN(C)S(=O)(=O)c1cc(C(=O)O)cs1. The van der Waals surface area contributed by atoms with E-state index in [1.165, 1.54) is 22.8 Å². The lowest BCUT2D eigenvalue weighted by Gasteiger charge is -2.14. The summed E-state index contributed by atoms with van der Waals surface area (Å²) in [5.41, 5.74) is 0.00633. The van der Waals surface area contributed by atoms with Crippen molar-refractivity contribution in [2.75, 3.05) is 25.6 Å². The molecule has 5 nitrogen and oxygen atoms in total. The van der Waals surface area contributed by atoms with Crippen molar-refractivity contribution in [3.8, 4) is 0 Å². The van der Waals surface area contributed by atoms with Crippen molar-refractivity contribution in [1.82, 2.24) is 4.31 Å². The van der Waals surface area contributed by atoms with Gasteiger partial charge in [0.1, 0.15) is 4.21 Å². The van der Waals surface area contributed by atoms with E-state index >= 15 is 0 Å². The molecule has 17 heavy (non-hydrogen) atoms. The highest BCUT2D eigenvalue weighted by molar-refractivity contribution is 7.98. The topological polar surface area (TPSA) is 74.7 Å². The third kappa shape index (κ3) is 3.44. The van der Waals surface area contributed by atoms with Crippen molar-refractivity contribution in [2.45, 2.75) is 4.21 Å². The zero-order valence-electron chi connectivity index (χ0n) is 9.41. The Morgan fingerprint density at radius 2 is 2.24 bits per heavy atom. The number of hydrogen-bond acceptors (Lipinski definition) is 5. The average molecular weight is 295 g/mol. The summed E-state index contributed by atoms with van der Waals surface area (Å²) in [4.78, 5) is 10.7. The fourth-order valence-corrected chi connectivity index (χ4v) is 4.16. The van der Waals surface area contributed by atoms with Gasteiger partial charge in [0.25, 0.3) is 10.0 Å².